The first kappa shape index (κ1) is 33.0. The Balaban J connectivity index is 0.000000333. The molecule has 4 rings (SSSR count). The van der Waals surface area contributed by atoms with Crippen molar-refractivity contribution in [3.8, 4) is 0 Å². The quantitative estimate of drug-likeness (QED) is 0.506. The summed E-state index contributed by atoms with van der Waals surface area (Å²) >= 11 is 0. The fraction of sp³-hybridized carbons (Fsp3) is 0.545. The zero-order valence-corrected chi connectivity index (χ0v) is 22.1. The summed E-state index contributed by atoms with van der Waals surface area (Å²) in [5, 5.41) is 14.2. The maximum absolute atomic E-state index is 12.9. The van der Waals surface area contributed by atoms with Crippen molar-refractivity contribution in [2.24, 2.45) is 0 Å². The van der Waals surface area contributed by atoms with Crippen LogP contribution in [0.5, 0.6) is 0 Å². The zero-order chi connectivity index (χ0) is 30.5. The number of likely N-dealkylation sites (N-methyl/N-ethyl adjacent to an activating group) is 1. The molecular weight excluding hydrogens is 576 g/mol. The van der Waals surface area contributed by atoms with Gasteiger partial charge in [0.25, 0.3) is 0 Å². The average Bonchev–Trinajstić information content (AvgIpc) is 3.26. The monoisotopic (exact) mass is 603 g/mol. The predicted molar refractivity (Wildman–Crippen MR) is 126 cm³/mol. The van der Waals surface area contributed by atoms with Crippen LogP contribution in [-0.2, 0) is 31.7 Å². The molecule has 1 fully saturated rings. The fourth-order valence-corrected chi connectivity index (χ4v) is 5.84. The highest BCUT2D eigenvalue weighted by Crippen LogP contribution is 2.41. The SMILES string of the molecule is CCN1CCn2c(C)cnc2C12CCN(S(=O)(=O)c1cccnc1)CC2.O=C(O)C(F)(F)F.O=C(O)C(F)(F)F. The topological polar surface area (TPSA) is 146 Å². The number of hydrogen-bond acceptors (Lipinski definition) is 7. The first-order chi connectivity index (χ1) is 18.4. The van der Waals surface area contributed by atoms with Crippen molar-refractivity contribution in [3.05, 3.63) is 42.2 Å². The van der Waals surface area contributed by atoms with Gasteiger partial charge < -0.3 is 14.8 Å². The molecule has 2 N–H and O–H groups in total. The molecule has 0 saturated carbocycles. The summed E-state index contributed by atoms with van der Waals surface area (Å²) in [7, 11) is -3.49. The van der Waals surface area contributed by atoms with Crippen molar-refractivity contribution in [1.29, 1.82) is 0 Å². The largest absolute Gasteiger partial charge is 0.490 e. The molecule has 1 spiro atoms. The van der Waals surface area contributed by atoms with Crippen molar-refractivity contribution >= 4 is 22.0 Å². The van der Waals surface area contributed by atoms with Gasteiger partial charge in [-0.25, -0.2) is 23.0 Å². The van der Waals surface area contributed by atoms with E-state index in [9.17, 15) is 34.8 Å². The number of hydrogen-bond donors (Lipinski definition) is 2. The number of rotatable bonds is 3. The molecule has 2 aliphatic rings. The maximum atomic E-state index is 12.9. The van der Waals surface area contributed by atoms with Crippen LogP contribution in [0.2, 0.25) is 0 Å². The lowest BCUT2D eigenvalue weighted by molar-refractivity contribution is -0.193. The van der Waals surface area contributed by atoms with Gasteiger partial charge in [0.05, 0.1) is 5.54 Å². The third kappa shape index (κ3) is 7.48. The molecule has 0 bridgehead atoms. The van der Waals surface area contributed by atoms with Gasteiger partial charge >= 0.3 is 24.3 Å². The van der Waals surface area contributed by atoms with E-state index >= 15 is 0 Å². The minimum atomic E-state index is -5.08. The number of halogens is 6. The Morgan fingerprint density at radius 3 is 1.93 bits per heavy atom. The van der Waals surface area contributed by atoms with Gasteiger partial charge in [0, 0.05) is 50.5 Å². The lowest BCUT2D eigenvalue weighted by atomic mass is 9.84. The van der Waals surface area contributed by atoms with Crippen molar-refractivity contribution < 1.29 is 54.6 Å². The number of imidazole rings is 1. The van der Waals surface area contributed by atoms with Gasteiger partial charge in [0.2, 0.25) is 10.0 Å². The smallest absolute Gasteiger partial charge is 0.475 e. The van der Waals surface area contributed by atoms with Gasteiger partial charge in [0.15, 0.2) is 0 Å². The van der Waals surface area contributed by atoms with Crippen LogP contribution < -0.4 is 0 Å². The Morgan fingerprint density at radius 2 is 1.50 bits per heavy atom. The van der Waals surface area contributed by atoms with E-state index in [4.69, 9.17) is 24.8 Å². The molecule has 40 heavy (non-hydrogen) atoms. The third-order valence-electron chi connectivity index (χ3n) is 6.36. The summed E-state index contributed by atoms with van der Waals surface area (Å²) in [4.78, 5) is 29.2. The second-order valence-corrected chi connectivity index (χ2v) is 10.6. The Labute approximate surface area is 225 Å². The van der Waals surface area contributed by atoms with Crippen LogP contribution in [0.3, 0.4) is 0 Å². The summed E-state index contributed by atoms with van der Waals surface area (Å²) < 4.78 is 93.2. The van der Waals surface area contributed by atoms with E-state index in [0.717, 1.165) is 38.3 Å². The number of aliphatic carboxylic acids is 2. The molecule has 2 aromatic heterocycles. The predicted octanol–water partition coefficient (Wildman–Crippen LogP) is 2.87. The van der Waals surface area contributed by atoms with E-state index in [2.05, 4.69) is 28.3 Å². The number of carbonyl (C=O) groups is 2. The van der Waals surface area contributed by atoms with Crippen LogP contribution in [0.15, 0.2) is 35.6 Å². The number of alkyl halides is 6. The van der Waals surface area contributed by atoms with E-state index in [0.29, 0.717) is 13.1 Å². The number of carboxylic acids is 2. The van der Waals surface area contributed by atoms with Crippen LogP contribution in [0.25, 0.3) is 0 Å². The summed E-state index contributed by atoms with van der Waals surface area (Å²) in [6.07, 6.45) is -3.69. The number of piperidine rings is 1. The molecule has 1 saturated heterocycles. The second-order valence-electron chi connectivity index (χ2n) is 8.68. The van der Waals surface area contributed by atoms with Crippen LogP contribution >= 0.6 is 0 Å². The first-order valence-corrected chi connectivity index (χ1v) is 13.1. The number of nitrogens with zero attached hydrogens (tertiary/aromatic N) is 5. The molecule has 0 aromatic carbocycles. The summed E-state index contributed by atoms with van der Waals surface area (Å²) in [6.45, 7) is 8.14. The summed E-state index contributed by atoms with van der Waals surface area (Å²) in [5.74, 6) is -4.42. The van der Waals surface area contributed by atoms with Crippen LogP contribution in [-0.4, -0.2) is 92.8 Å². The van der Waals surface area contributed by atoms with Gasteiger partial charge in [-0.15, -0.1) is 0 Å². The minimum Gasteiger partial charge on any atom is -0.475 e. The molecule has 2 aromatic rings. The molecule has 0 unspecified atom stereocenters. The fourth-order valence-electron chi connectivity index (χ4n) is 4.44. The van der Waals surface area contributed by atoms with Gasteiger partial charge in [0.1, 0.15) is 10.7 Å². The molecule has 11 nitrogen and oxygen atoms in total. The van der Waals surface area contributed by atoms with E-state index in [1.54, 1.807) is 22.6 Å². The van der Waals surface area contributed by atoms with E-state index in [1.165, 1.54) is 11.9 Å². The van der Waals surface area contributed by atoms with Crippen LogP contribution in [0, 0.1) is 6.92 Å². The van der Waals surface area contributed by atoms with Crippen LogP contribution in [0.4, 0.5) is 26.3 Å². The molecule has 18 heteroatoms. The van der Waals surface area contributed by atoms with Crippen molar-refractivity contribution in [2.45, 2.75) is 56.0 Å². The Kier molecular flexibility index (Phi) is 10.3. The van der Waals surface area contributed by atoms with Gasteiger partial charge in [-0.3, -0.25) is 9.88 Å². The van der Waals surface area contributed by atoms with Gasteiger partial charge in [-0.1, -0.05) is 6.92 Å². The molecule has 0 aliphatic carbocycles. The van der Waals surface area contributed by atoms with Crippen LogP contribution in [0.1, 0.15) is 31.3 Å². The number of sulfonamides is 1. The van der Waals surface area contributed by atoms with Gasteiger partial charge in [-0.2, -0.15) is 30.6 Å². The Hall–Kier alpha value is -3.25. The molecule has 0 atom stereocenters. The van der Waals surface area contributed by atoms with Crippen molar-refractivity contribution in [1.82, 2.24) is 23.7 Å². The molecule has 0 radical (unpaired) electrons. The first-order valence-electron chi connectivity index (χ1n) is 11.7. The normalized spacial score (nSPS) is 17.6. The third-order valence-corrected chi connectivity index (χ3v) is 8.24. The Morgan fingerprint density at radius 1 is 0.975 bits per heavy atom. The lowest BCUT2D eigenvalue weighted by Crippen LogP contribution is -2.58. The molecule has 0 amide bonds. The zero-order valence-electron chi connectivity index (χ0n) is 21.3. The highest BCUT2D eigenvalue weighted by molar-refractivity contribution is 7.89. The number of pyridine rings is 1. The Bertz CT molecular complexity index is 1250. The number of aromatic nitrogens is 3. The molecule has 224 valence electrons. The average molecular weight is 604 g/mol. The molecule has 4 heterocycles. The highest BCUT2D eigenvalue weighted by atomic mass is 32.2. The van der Waals surface area contributed by atoms with Crippen molar-refractivity contribution in [2.75, 3.05) is 26.2 Å². The minimum absolute atomic E-state index is 0.164. The van der Waals surface area contributed by atoms with E-state index < -0.39 is 34.3 Å². The summed E-state index contributed by atoms with van der Waals surface area (Å²) in [5.41, 5.74) is 1.02. The lowest BCUT2D eigenvalue weighted by Gasteiger charge is -2.50. The summed E-state index contributed by atoms with van der Waals surface area (Å²) in [6, 6.07) is 3.28. The van der Waals surface area contributed by atoms with Gasteiger partial charge in [-0.05, 0) is 38.4 Å². The maximum Gasteiger partial charge on any atom is 0.490 e. The van der Waals surface area contributed by atoms with E-state index in [1.807, 2.05) is 6.20 Å². The number of fused-ring (bicyclic) bond motifs is 2. The number of aryl methyl sites for hydroxylation is 1. The van der Waals surface area contributed by atoms with E-state index in [-0.39, 0.29) is 10.4 Å². The second kappa shape index (κ2) is 12.5. The number of carboxylic acid groups (broad SMARTS) is 2. The standard InChI is InChI=1S/C18H25N5O2S.2C2HF3O2/c1-3-21-11-12-23-15(2)13-20-17(23)18(21)6-9-22(10-7-18)26(24,25)16-5-4-8-19-14-16;2*3-2(4,5)1(6)7/h4-5,8,13-14H,3,6-7,9-12H2,1-2H3;2*(H,6,7). The highest BCUT2D eigenvalue weighted by Gasteiger charge is 2.48. The molecular formula is C22H27F6N5O6S. The van der Waals surface area contributed by atoms with Crippen molar-refractivity contribution in [3.63, 3.8) is 0 Å². The molecule has 2 aliphatic heterocycles.